The SMILES string of the molecule is Cc1nc([N+](=O)[O-])c(N2CC(C)OC(CO)C2)n1C. The first-order valence-electron chi connectivity index (χ1n) is 6.13. The lowest BCUT2D eigenvalue weighted by Gasteiger charge is -2.36. The molecule has 0 aliphatic carbocycles. The van der Waals surface area contributed by atoms with Crippen LogP contribution in [0.25, 0.3) is 0 Å². The number of ether oxygens (including phenoxy) is 1. The van der Waals surface area contributed by atoms with Gasteiger partial charge < -0.3 is 24.9 Å². The molecule has 1 fully saturated rings. The number of hydrogen-bond donors (Lipinski definition) is 1. The Balaban J connectivity index is 2.37. The first kappa shape index (κ1) is 13.8. The topological polar surface area (TPSA) is 93.7 Å². The van der Waals surface area contributed by atoms with E-state index in [4.69, 9.17) is 4.74 Å². The highest BCUT2D eigenvalue weighted by molar-refractivity contribution is 5.56. The number of nitrogens with zero attached hydrogens (tertiary/aromatic N) is 4. The van der Waals surface area contributed by atoms with Gasteiger partial charge in [-0.1, -0.05) is 0 Å². The minimum absolute atomic E-state index is 0.0966. The van der Waals surface area contributed by atoms with Crippen molar-refractivity contribution in [3.63, 3.8) is 0 Å². The van der Waals surface area contributed by atoms with Crippen LogP contribution in [0.4, 0.5) is 11.6 Å². The quantitative estimate of drug-likeness (QED) is 0.624. The maximum atomic E-state index is 11.1. The molecule has 1 aromatic heterocycles. The van der Waals surface area contributed by atoms with Crippen LogP contribution in [0.3, 0.4) is 0 Å². The van der Waals surface area contributed by atoms with E-state index in [0.717, 1.165) is 0 Å². The molecule has 1 saturated heterocycles. The highest BCUT2D eigenvalue weighted by Crippen LogP contribution is 2.30. The van der Waals surface area contributed by atoms with Crippen molar-refractivity contribution in [2.24, 2.45) is 7.05 Å². The summed E-state index contributed by atoms with van der Waals surface area (Å²) in [5, 5.41) is 20.3. The van der Waals surface area contributed by atoms with E-state index >= 15 is 0 Å². The van der Waals surface area contributed by atoms with Gasteiger partial charge in [-0.05, 0) is 16.8 Å². The molecular weight excluding hydrogens is 252 g/mol. The number of nitro groups is 1. The molecule has 1 aliphatic rings. The van der Waals surface area contributed by atoms with E-state index in [1.807, 2.05) is 11.8 Å². The summed E-state index contributed by atoms with van der Waals surface area (Å²) in [7, 11) is 1.75. The highest BCUT2D eigenvalue weighted by atomic mass is 16.6. The summed E-state index contributed by atoms with van der Waals surface area (Å²) in [6.45, 7) is 4.45. The van der Waals surface area contributed by atoms with Crippen LogP contribution in [0.5, 0.6) is 0 Å². The number of aromatic nitrogens is 2. The number of imidazole rings is 1. The van der Waals surface area contributed by atoms with E-state index in [9.17, 15) is 15.2 Å². The van der Waals surface area contributed by atoms with Crippen molar-refractivity contribution in [1.82, 2.24) is 9.55 Å². The minimum atomic E-state index is -0.476. The Kier molecular flexibility index (Phi) is 3.72. The first-order valence-corrected chi connectivity index (χ1v) is 6.13. The Labute approximate surface area is 110 Å². The molecule has 106 valence electrons. The van der Waals surface area contributed by atoms with Crippen LogP contribution >= 0.6 is 0 Å². The molecule has 0 radical (unpaired) electrons. The Morgan fingerprint density at radius 1 is 1.58 bits per heavy atom. The Morgan fingerprint density at radius 2 is 2.26 bits per heavy atom. The molecule has 8 nitrogen and oxygen atoms in total. The molecule has 2 rings (SSSR count). The molecule has 2 atom stereocenters. The fourth-order valence-electron chi connectivity index (χ4n) is 2.38. The lowest BCUT2D eigenvalue weighted by Crippen LogP contribution is -2.48. The van der Waals surface area contributed by atoms with Gasteiger partial charge >= 0.3 is 5.82 Å². The third-order valence-electron chi connectivity index (χ3n) is 3.27. The van der Waals surface area contributed by atoms with Crippen LogP contribution in [0.1, 0.15) is 12.7 Å². The zero-order valence-electron chi connectivity index (χ0n) is 11.2. The molecule has 0 bridgehead atoms. The second-order valence-corrected chi connectivity index (χ2v) is 4.78. The maximum absolute atomic E-state index is 11.1. The van der Waals surface area contributed by atoms with Crippen molar-refractivity contribution >= 4 is 11.6 Å². The van der Waals surface area contributed by atoms with Crippen molar-refractivity contribution in [3.05, 3.63) is 15.9 Å². The van der Waals surface area contributed by atoms with E-state index < -0.39 is 4.92 Å². The number of anilines is 1. The van der Waals surface area contributed by atoms with Crippen molar-refractivity contribution in [1.29, 1.82) is 0 Å². The third-order valence-corrected chi connectivity index (χ3v) is 3.27. The molecule has 8 heteroatoms. The molecule has 19 heavy (non-hydrogen) atoms. The van der Waals surface area contributed by atoms with Gasteiger partial charge in [-0.3, -0.25) is 4.57 Å². The van der Waals surface area contributed by atoms with Crippen LogP contribution in [0, 0.1) is 17.0 Å². The molecule has 1 aromatic rings. The standard InChI is InChI=1S/C11H18N4O4/c1-7-4-14(5-9(6-16)19-7)11-10(15(17)18)12-8(2)13(11)3/h7,9,16H,4-6H2,1-3H3. The molecule has 0 aromatic carbocycles. The molecule has 2 unspecified atom stereocenters. The molecule has 0 amide bonds. The monoisotopic (exact) mass is 270 g/mol. The summed E-state index contributed by atoms with van der Waals surface area (Å²) in [5.74, 6) is 0.906. The summed E-state index contributed by atoms with van der Waals surface area (Å²) >= 11 is 0. The van der Waals surface area contributed by atoms with Gasteiger partial charge in [0.15, 0.2) is 0 Å². The summed E-state index contributed by atoms with van der Waals surface area (Å²) < 4.78 is 7.24. The van der Waals surface area contributed by atoms with E-state index in [2.05, 4.69) is 4.98 Å². The number of aryl methyl sites for hydroxylation is 1. The first-order chi connectivity index (χ1) is 8.93. The number of hydrogen-bond acceptors (Lipinski definition) is 6. The molecule has 2 heterocycles. The van der Waals surface area contributed by atoms with E-state index in [-0.39, 0.29) is 24.6 Å². The fourth-order valence-corrected chi connectivity index (χ4v) is 2.38. The second kappa shape index (κ2) is 5.14. The van der Waals surface area contributed by atoms with Gasteiger partial charge in [0.25, 0.3) is 0 Å². The van der Waals surface area contributed by atoms with Gasteiger partial charge in [0, 0.05) is 27.1 Å². The zero-order valence-corrected chi connectivity index (χ0v) is 11.2. The van der Waals surface area contributed by atoms with Gasteiger partial charge in [0.1, 0.15) is 0 Å². The average Bonchev–Trinajstić information content (AvgIpc) is 2.65. The van der Waals surface area contributed by atoms with Crippen molar-refractivity contribution < 1.29 is 14.8 Å². The van der Waals surface area contributed by atoms with E-state index in [0.29, 0.717) is 24.7 Å². The number of aliphatic hydroxyl groups is 1. The Hall–Kier alpha value is -1.67. The molecule has 0 saturated carbocycles. The lowest BCUT2D eigenvalue weighted by atomic mass is 10.2. The van der Waals surface area contributed by atoms with E-state index in [1.165, 1.54) is 0 Å². The smallest absolute Gasteiger partial charge is 0.394 e. The van der Waals surface area contributed by atoms with Crippen LogP contribution < -0.4 is 4.90 Å². The molecule has 0 spiro atoms. The minimum Gasteiger partial charge on any atom is -0.394 e. The van der Waals surface area contributed by atoms with Gasteiger partial charge in [0.2, 0.25) is 11.6 Å². The zero-order chi connectivity index (χ0) is 14.2. The summed E-state index contributed by atoms with van der Waals surface area (Å²) in [5.41, 5.74) is 0. The fraction of sp³-hybridized carbons (Fsp3) is 0.727. The van der Waals surface area contributed by atoms with Gasteiger partial charge in [-0.2, -0.15) is 0 Å². The van der Waals surface area contributed by atoms with Crippen molar-refractivity contribution in [2.75, 3.05) is 24.6 Å². The van der Waals surface area contributed by atoms with E-state index in [1.54, 1.807) is 18.5 Å². The third kappa shape index (κ3) is 2.54. The summed E-state index contributed by atoms with van der Waals surface area (Å²) in [4.78, 5) is 16.4. The molecular formula is C11H18N4O4. The van der Waals surface area contributed by atoms with Crippen LogP contribution in [0.2, 0.25) is 0 Å². The summed E-state index contributed by atoms with van der Waals surface area (Å²) in [6, 6.07) is 0. The van der Waals surface area contributed by atoms with Crippen LogP contribution in [-0.2, 0) is 11.8 Å². The largest absolute Gasteiger partial charge is 0.406 e. The van der Waals surface area contributed by atoms with Crippen molar-refractivity contribution in [2.45, 2.75) is 26.1 Å². The molecule has 1 aliphatic heterocycles. The normalized spacial score (nSPS) is 23.7. The van der Waals surface area contributed by atoms with Crippen LogP contribution in [0.15, 0.2) is 0 Å². The lowest BCUT2D eigenvalue weighted by molar-refractivity contribution is -0.388. The predicted molar refractivity (Wildman–Crippen MR) is 68.2 cm³/mol. The van der Waals surface area contributed by atoms with Gasteiger partial charge in [-0.15, -0.1) is 0 Å². The van der Waals surface area contributed by atoms with Crippen molar-refractivity contribution in [3.8, 4) is 0 Å². The molecule has 1 N–H and O–H groups in total. The number of rotatable bonds is 3. The number of aliphatic hydroxyl groups excluding tert-OH is 1. The predicted octanol–water partition coefficient (Wildman–Crippen LogP) is 0.223. The Bertz CT molecular complexity index is 487. The second-order valence-electron chi connectivity index (χ2n) is 4.78. The maximum Gasteiger partial charge on any atom is 0.406 e. The number of morpholine rings is 1. The van der Waals surface area contributed by atoms with Gasteiger partial charge in [-0.25, -0.2) is 0 Å². The van der Waals surface area contributed by atoms with Crippen LogP contribution in [-0.4, -0.2) is 51.5 Å². The average molecular weight is 270 g/mol. The highest BCUT2D eigenvalue weighted by Gasteiger charge is 2.33. The van der Waals surface area contributed by atoms with Gasteiger partial charge in [0.05, 0.1) is 18.8 Å². The summed E-state index contributed by atoms with van der Waals surface area (Å²) in [6.07, 6.45) is -0.431. The Morgan fingerprint density at radius 3 is 2.84 bits per heavy atom.